The van der Waals surface area contributed by atoms with Crippen molar-refractivity contribution in [3.05, 3.63) is 66.9 Å². The van der Waals surface area contributed by atoms with Gasteiger partial charge in [-0.3, -0.25) is 18.7 Å². The van der Waals surface area contributed by atoms with E-state index in [9.17, 15) is 14.4 Å². The highest BCUT2D eigenvalue weighted by molar-refractivity contribution is 9.10. The summed E-state index contributed by atoms with van der Waals surface area (Å²) in [6, 6.07) is 6.86. The molecule has 1 aromatic carbocycles. The van der Waals surface area contributed by atoms with Crippen LogP contribution in [0.1, 0.15) is 15.9 Å². The Balaban J connectivity index is 2.21. The zero-order valence-electron chi connectivity index (χ0n) is 13.8. The molecule has 0 radical (unpaired) electrons. The van der Waals surface area contributed by atoms with Crippen LogP contribution in [0.25, 0.3) is 11.0 Å². The van der Waals surface area contributed by atoms with Crippen molar-refractivity contribution in [2.75, 3.05) is 5.32 Å². The summed E-state index contributed by atoms with van der Waals surface area (Å²) in [4.78, 5) is 41.4. The van der Waals surface area contributed by atoms with Gasteiger partial charge in [0.1, 0.15) is 5.39 Å². The topological polar surface area (TPSA) is 86.0 Å². The molecule has 0 bridgehead atoms. The Bertz CT molecular complexity index is 1110. The molecule has 2 aromatic heterocycles. The summed E-state index contributed by atoms with van der Waals surface area (Å²) in [6.07, 6.45) is 1.53. The number of rotatable bonds is 2. The molecule has 0 saturated heterocycles. The van der Waals surface area contributed by atoms with Crippen LogP contribution in [0.4, 0.5) is 5.69 Å². The van der Waals surface area contributed by atoms with Gasteiger partial charge < -0.3 is 5.32 Å². The normalized spacial score (nSPS) is 10.9. The quantitative estimate of drug-likeness (QED) is 0.709. The van der Waals surface area contributed by atoms with Crippen molar-refractivity contribution in [3.63, 3.8) is 0 Å². The number of aromatic nitrogens is 3. The molecule has 0 fully saturated rings. The Hall–Kier alpha value is -2.74. The first-order valence-corrected chi connectivity index (χ1v) is 8.23. The average Bonchev–Trinajstić information content (AvgIpc) is 2.60. The predicted octanol–water partition coefficient (Wildman–Crippen LogP) is 1.96. The molecular formula is C17H15BrN4O3. The van der Waals surface area contributed by atoms with Gasteiger partial charge in [0.25, 0.3) is 11.5 Å². The van der Waals surface area contributed by atoms with Gasteiger partial charge in [-0.05, 0) is 36.8 Å². The van der Waals surface area contributed by atoms with E-state index < -0.39 is 11.2 Å². The van der Waals surface area contributed by atoms with Gasteiger partial charge in [-0.25, -0.2) is 9.78 Å². The number of pyridine rings is 1. The van der Waals surface area contributed by atoms with Gasteiger partial charge >= 0.3 is 5.69 Å². The number of nitrogens with one attached hydrogen (secondary N) is 1. The van der Waals surface area contributed by atoms with Crippen molar-refractivity contribution in [1.29, 1.82) is 0 Å². The number of carbonyl (C=O) groups excluding carboxylic acids is 1. The standard InChI is InChI=1S/C17H15BrN4O3/c1-9-8-19-14-12(16(24)22(3)17(25)21(14)2)13(9)20-15(23)10-4-6-11(18)7-5-10/h4-8H,1-3H3,(H,19,20,23). The van der Waals surface area contributed by atoms with Crippen LogP contribution >= 0.6 is 15.9 Å². The SMILES string of the molecule is Cc1cnc2c(c1NC(=O)c1ccc(Br)cc1)c(=O)n(C)c(=O)n2C. The van der Waals surface area contributed by atoms with Crippen LogP contribution in [0.3, 0.4) is 0 Å². The van der Waals surface area contributed by atoms with Crippen LogP contribution in [-0.2, 0) is 14.1 Å². The van der Waals surface area contributed by atoms with Crippen LogP contribution in [0.2, 0.25) is 0 Å². The molecular weight excluding hydrogens is 388 g/mol. The maximum atomic E-state index is 12.6. The molecule has 128 valence electrons. The summed E-state index contributed by atoms with van der Waals surface area (Å²) < 4.78 is 3.14. The minimum atomic E-state index is -0.500. The smallest absolute Gasteiger partial charge is 0.321 e. The van der Waals surface area contributed by atoms with Gasteiger partial charge in [0.2, 0.25) is 0 Å². The Morgan fingerprint density at radius 3 is 2.40 bits per heavy atom. The van der Waals surface area contributed by atoms with Crippen LogP contribution in [0.5, 0.6) is 0 Å². The second kappa shape index (κ2) is 6.29. The third kappa shape index (κ3) is 2.89. The molecule has 1 amide bonds. The first-order valence-electron chi connectivity index (χ1n) is 7.43. The zero-order chi connectivity index (χ0) is 18.3. The second-order valence-electron chi connectivity index (χ2n) is 5.68. The molecule has 2 heterocycles. The summed E-state index contributed by atoms with van der Waals surface area (Å²) in [5.41, 5.74) is 0.696. The number of fused-ring (bicyclic) bond motifs is 1. The summed E-state index contributed by atoms with van der Waals surface area (Å²) in [6.45, 7) is 1.74. The van der Waals surface area contributed by atoms with Crippen molar-refractivity contribution in [1.82, 2.24) is 14.1 Å². The fourth-order valence-electron chi connectivity index (χ4n) is 2.57. The molecule has 0 aliphatic carbocycles. The molecule has 0 aliphatic heterocycles. The van der Waals surface area contributed by atoms with Gasteiger partial charge in [-0.2, -0.15) is 0 Å². The van der Waals surface area contributed by atoms with Gasteiger partial charge in [0.15, 0.2) is 5.65 Å². The summed E-state index contributed by atoms with van der Waals surface area (Å²) in [5, 5.41) is 2.98. The number of anilines is 1. The number of amides is 1. The van der Waals surface area contributed by atoms with E-state index >= 15 is 0 Å². The van der Waals surface area contributed by atoms with Crippen LogP contribution in [-0.4, -0.2) is 20.0 Å². The average molecular weight is 403 g/mol. The monoisotopic (exact) mass is 402 g/mol. The third-order valence-corrected chi connectivity index (χ3v) is 4.53. The molecule has 0 saturated carbocycles. The van der Waals surface area contributed by atoms with Crippen LogP contribution < -0.4 is 16.6 Å². The molecule has 0 atom stereocenters. The van der Waals surface area contributed by atoms with E-state index in [-0.39, 0.29) is 16.9 Å². The number of hydrogen-bond donors (Lipinski definition) is 1. The highest BCUT2D eigenvalue weighted by Crippen LogP contribution is 2.22. The maximum absolute atomic E-state index is 12.6. The van der Waals surface area contributed by atoms with Crippen LogP contribution in [0.15, 0.2) is 44.5 Å². The molecule has 3 aromatic rings. The molecule has 25 heavy (non-hydrogen) atoms. The highest BCUT2D eigenvalue weighted by Gasteiger charge is 2.17. The maximum Gasteiger partial charge on any atom is 0.332 e. The molecule has 1 N–H and O–H groups in total. The largest absolute Gasteiger partial charge is 0.332 e. The number of carbonyl (C=O) groups is 1. The van der Waals surface area contributed by atoms with E-state index in [2.05, 4.69) is 26.2 Å². The molecule has 7 nitrogen and oxygen atoms in total. The lowest BCUT2D eigenvalue weighted by Crippen LogP contribution is -2.37. The first kappa shape index (κ1) is 17.1. The van der Waals surface area contributed by atoms with Crippen molar-refractivity contribution in [2.24, 2.45) is 14.1 Å². The lowest BCUT2D eigenvalue weighted by molar-refractivity contribution is 0.102. The molecule has 0 spiro atoms. The fraction of sp³-hybridized carbons (Fsp3) is 0.176. The Kier molecular flexibility index (Phi) is 4.30. The summed E-state index contributed by atoms with van der Waals surface area (Å²) >= 11 is 3.32. The zero-order valence-corrected chi connectivity index (χ0v) is 15.4. The fourth-order valence-corrected chi connectivity index (χ4v) is 2.84. The van der Waals surface area contributed by atoms with E-state index in [0.717, 1.165) is 9.04 Å². The Morgan fingerprint density at radius 2 is 1.76 bits per heavy atom. The lowest BCUT2D eigenvalue weighted by Gasteiger charge is -2.13. The lowest BCUT2D eigenvalue weighted by atomic mass is 10.1. The number of nitrogens with zero attached hydrogens (tertiary/aromatic N) is 3. The van der Waals surface area contributed by atoms with E-state index in [1.807, 2.05) is 0 Å². The predicted molar refractivity (Wildman–Crippen MR) is 99.1 cm³/mol. The number of hydrogen-bond acceptors (Lipinski definition) is 4. The third-order valence-electron chi connectivity index (χ3n) is 4.00. The highest BCUT2D eigenvalue weighted by atomic mass is 79.9. The van der Waals surface area contributed by atoms with Crippen LogP contribution in [0, 0.1) is 6.92 Å². The minimum absolute atomic E-state index is 0.204. The number of benzene rings is 1. The Labute approximate surface area is 151 Å². The molecule has 8 heteroatoms. The minimum Gasteiger partial charge on any atom is -0.321 e. The van der Waals surface area contributed by atoms with E-state index in [4.69, 9.17) is 0 Å². The van der Waals surface area contributed by atoms with Gasteiger partial charge in [0, 0.05) is 30.3 Å². The van der Waals surface area contributed by atoms with Crippen molar-refractivity contribution in [2.45, 2.75) is 6.92 Å². The van der Waals surface area contributed by atoms with Gasteiger partial charge in [0.05, 0.1) is 5.69 Å². The molecule has 3 rings (SSSR count). The van der Waals surface area contributed by atoms with E-state index in [0.29, 0.717) is 16.8 Å². The van der Waals surface area contributed by atoms with E-state index in [1.54, 1.807) is 31.2 Å². The van der Waals surface area contributed by atoms with Crippen molar-refractivity contribution < 1.29 is 4.79 Å². The molecule has 0 unspecified atom stereocenters. The summed E-state index contributed by atoms with van der Waals surface area (Å²) in [7, 11) is 2.93. The molecule has 0 aliphatic rings. The Morgan fingerprint density at radius 1 is 1.12 bits per heavy atom. The number of aryl methyl sites for hydroxylation is 2. The number of halogens is 1. The van der Waals surface area contributed by atoms with E-state index in [1.165, 1.54) is 24.9 Å². The van der Waals surface area contributed by atoms with Gasteiger partial charge in [-0.1, -0.05) is 15.9 Å². The van der Waals surface area contributed by atoms with Gasteiger partial charge in [-0.15, -0.1) is 0 Å². The van der Waals surface area contributed by atoms with Crippen molar-refractivity contribution in [3.8, 4) is 0 Å². The second-order valence-corrected chi connectivity index (χ2v) is 6.60. The first-order chi connectivity index (χ1) is 11.8. The van der Waals surface area contributed by atoms with Crippen molar-refractivity contribution >= 4 is 38.6 Å². The summed E-state index contributed by atoms with van der Waals surface area (Å²) in [5.74, 6) is -0.348.